The number of nitrogens with one attached hydrogen (secondary N) is 2. The first-order chi connectivity index (χ1) is 22.8. The van der Waals surface area contributed by atoms with Gasteiger partial charge in [-0.3, -0.25) is 9.59 Å². The van der Waals surface area contributed by atoms with Crippen LogP contribution in [0.25, 0.3) is 0 Å². The lowest BCUT2D eigenvalue weighted by molar-refractivity contribution is -0.131. The zero-order valence-corrected chi connectivity index (χ0v) is 32.6. The van der Waals surface area contributed by atoms with Crippen LogP contribution in [0, 0.1) is 29.6 Å². The summed E-state index contributed by atoms with van der Waals surface area (Å²) in [6, 6.07) is 4.86. The van der Waals surface area contributed by atoms with Crippen molar-refractivity contribution in [2.24, 2.45) is 29.6 Å². The fraction of sp³-hybridized carbons (Fsp3) is 0.763. The van der Waals surface area contributed by atoms with E-state index < -0.39 is 29.8 Å². The number of amides is 3. The SMILES string of the molecule is COCCCOc1cc(C[C@@H](C[C@H](NC(=O)OC(C)(C)C)[C@@H](O)C[C@H](C(=O)N[C@H](CC(=O)N(C)C)C(C)C)C(C)C)C(C)C)ccc1OC. The molecule has 1 aromatic carbocycles. The summed E-state index contributed by atoms with van der Waals surface area (Å²) in [5.41, 5.74) is 0.314. The zero-order valence-electron chi connectivity index (χ0n) is 32.6. The highest BCUT2D eigenvalue weighted by Crippen LogP contribution is 2.32. The molecule has 11 heteroatoms. The lowest BCUT2D eigenvalue weighted by atomic mass is 9.80. The van der Waals surface area contributed by atoms with E-state index in [1.807, 2.05) is 45.9 Å². The molecule has 3 N–H and O–H groups in total. The van der Waals surface area contributed by atoms with Gasteiger partial charge in [-0.05, 0) is 81.4 Å². The quantitative estimate of drug-likeness (QED) is 0.137. The zero-order chi connectivity index (χ0) is 37.5. The molecule has 0 unspecified atom stereocenters. The van der Waals surface area contributed by atoms with Gasteiger partial charge in [0.15, 0.2) is 11.5 Å². The highest BCUT2D eigenvalue weighted by Gasteiger charge is 2.34. The van der Waals surface area contributed by atoms with Crippen molar-refractivity contribution < 1.29 is 38.4 Å². The predicted molar refractivity (Wildman–Crippen MR) is 194 cm³/mol. The normalized spacial score (nSPS) is 15.0. The Morgan fingerprint density at radius 3 is 2.02 bits per heavy atom. The van der Waals surface area contributed by atoms with E-state index in [1.54, 1.807) is 49.1 Å². The van der Waals surface area contributed by atoms with Gasteiger partial charge in [-0.2, -0.15) is 0 Å². The maximum Gasteiger partial charge on any atom is 0.407 e. The molecule has 0 bridgehead atoms. The average molecular weight is 694 g/mol. The molecule has 1 aromatic rings. The molecule has 0 aromatic heterocycles. The van der Waals surface area contributed by atoms with Crippen LogP contribution in [-0.2, 0) is 25.5 Å². The number of aliphatic hydroxyl groups is 1. The Balaban J connectivity index is 3.32. The molecule has 3 amide bonds. The molecule has 0 aliphatic heterocycles. The number of alkyl carbamates (subject to hydrolysis) is 1. The van der Waals surface area contributed by atoms with Crippen molar-refractivity contribution in [2.45, 2.75) is 118 Å². The first kappa shape index (κ1) is 44.0. The topological polar surface area (TPSA) is 136 Å². The van der Waals surface area contributed by atoms with Gasteiger partial charge in [0.25, 0.3) is 0 Å². The van der Waals surface area contributed by atoms with E-state index in [1.165, 1.54) is 4.90 Å². The first-order valence-corrected chi connectivity index (χ1v) is 17.8. The van der Waals surface area contributed by atoms with Crippen molar-refractivity contribution in [3.8, 4) is 11.5 Å². The Morgan fingerprint density at radius 1 is 0.857 bits per heavy atom. The summed E-state index contributed by atoms with van der Waals surface area (Å²) in [6.07, 6.45) is 0.519. The number of methoxy groups -OCH3 is 2. The number of carbonyl (C=O) groups excluding carboxylic acids is 3. The van der Waals surface area contributed by atoms with Crippen LogP contribution in [0.1, 0.15) is 93.6 Å². The summed E-state index contributed by atoms with van der Waals surface area (Å²) < 4.78 is 22.3. The monoisotopic (exact) mass is 693 g/mol. The molecule has 0 spiro atoms. The Kier molecular flexibility index (Phi) is 19.1. The predicted octanol–water partition coefficient (Wildman–Crippen LogP) is 5.85. The van der Waals surface area contributed by atoms with Crippen LogP contribution in [0.4, 0.5) is 4.79 Å². The van der Waals surface area contributed by atoms with Crippen molar-refractivity contribution in [3.05, 3.63) is 23.8 Å². The molecular weight excluding hydrogens is 626 g/mol. The Morgan fingerprint density at radius 2 is 1.51 bits per heavy atom. The second kappa shape index (κ2) is 21.2. The van der Waals surface area contributed by atoms with Crippen molar-refractivity contribution in [3.63, 3.8) is 0 Å². The minimum atomic E-state index is -1.04. The Bertz CT molecular complexity index is 1150. The van der Waals surface area contributed by atoms with Gasteiger partial charge in [0, 0.05) is 52.6 Å². The molecule has 0 aliphatic rings. The van der Waals surface area contributed by atoms with Crippen molar-refractivity contribution >= 4 is 17.9 Å². The summed E-state index contributed by atoms with van der Waals surface area (Å²) in [5.74, 6) is 0.655. The Hall–Kier alpha value is -3.05. The molecule has 282 valence electrons. The minimum absolute atomic E-state index is 0.0354. The average Bonchev–Trinajstić information content (AvgIpc) is 2.99. The van der Waals surface area contributed by atoms with Crippen molar-refractivity contribution in [2.75, 3.05) is 41.5 Å². The number of carbonyl (C=O) groups is 3. The molecule has 5 atom stereocenters. The molecule has 0 saturated heterocycles. The molecule has 0 fully saturated rings. The van der Waals surface area contributed by atoms with E-state index >= 15 is 0 Å². The van der Waals surface area contributed by atoms with Gasteiger partial charge in [-0.25, -0.2) is 4.79 Å². The highest BCUT2D eigenvalue weighted by atomic mass is 16.6. The van der Waals surface area contributed by atoms with Gasteiger partial charge in [0.2, 0.25) is 11.8 Å². The summed E-state index contributed by atoms with van der Waals surface area (Å²) in [7, 11) is 6.66. The van der Waals surface area contributed by atoms with E-state index in [0.717, 1.165) is 12.0 Å². The highest BCUT2D eigenvalue weighted by molar-refractivity contribution is 5.81. The van der Waals surface area contributed by atoms with Crippen LogP contribution in [0.5, 0.6) is 11.5 Å². The number of hydrogen-bond acceptors (Lipinski definition) is 8. The number of nitrogens with zero attached hydrogens (tertiary/aromatic N) is 1. The van der Waals surface area contributed by atoms with Crippen LogP contribution < -0.4 is 20.1 Å². The second-order valence-electron chi connectivity index (χ2n) is 15.4. The molecule has 49 heavy (non-hydrogen) atoms. The van der Waals surface area contributed by atoms with E-state index in [2.05, 4.69) is 24.5 Å². The van der Waals surface area contributed by atoms with Gasteiger partial charge in [0.1, 0.15) is 5.60 Å². The fourth-order valence-corrected chi connectivity index (χ4v) is 5.56. The second-order valence-corrected chi connectivity index (χ2v) is 15.4. The smallest absolute Gasteiger partial charge is 0.407 e. The van der Waals surface area contributed by atoms with Gasteiger partial charge >= 0.3 is 6.09 Å². The van der Waals surface area contributed by atoms with Crippen LogP contribution >= 0.6 is 0 Å². The molecular formula is C38H67N3O8. The van der Waals surface area contributed by atoms with E-state index in [4.69, 9.17) is 18.9 Å². The molecule has 0 saturated carbocycles. The fourth-order valence-electron chi connectivity index (χ4n) is 5.56. The van der Waals surface area contributed by atoms with Gasteiger partial charge in [-0.1, -0.05) is 47.6 Å². The number of ether oxygens (including phenoxy) is 4. The molecule has 1 rings (SSSR count). The molecule has 11 nitrogen and oxygen atoms in total. The largest absolute Gasteiger partial charge is 0.493 e. The molecule has 0 aliphatic carbocycles. The third-order valence-corrected chi connectivity index (χ3v) is 8.81. The van der Waals surface area contributed by atoms with Crippen LogP contribution in [0.15, 0.2) is 18.2 Å². The number of benzene rings is 1. The van der Waals surface area contributed by atoms with Crippen molar-refractivity contribution in [1.29, 1.82) is 0 Å². The van der Waals surface area contributed by atoms with Gasteiger partial charge < -0.3 is 39.6 Å². The third-order valence-electron chi connectivity index (χ3n) is 8.81. The standard InChI is InChI=1S/C38H67N3O8/c1-24(2)28(19-27-15-16-33(47-13)34(20-27)48-18-14-17-46-12)21-31(40-37(45)49-38(7,8)9)32(42)22-29(25(3)4)36(44)39-30(26(5)6)23-35(43)41(10)11/h15-16,20,24-26,28-32,42H,14,17-19,21-23H2,1-13H3,(H,39,44)(H,40,45)/t28-,29-,30+,31-,32-/m0/s1. The first-order valence-electron chi connectivity index (χ1n) is 17.8. The number of hydrogen-bond donors (Lipinski definition) is 3. The van der Waals surface area contributed by atoms with Crippen LogP contribution in [0.2, 0.25) is 0 Å². The molecule has 0 heterocycles. The summed E-state index contributed by atoms with van der Waals surface area (Å²) >= 11 is 0. The van der Waals surface area contributed by atoms with Crippen molar-refractivity contribution in [1.82, 2.24) is 15.5 Å². The maximum atomic E-state index is 13.7. The van der Waals surface area contributed by atoms with E-state index in [0.29, 0.717) is 37.6 Å². The summed E-state index contributed by atoms with van der Waals surface area (Å²) in [6.45, 7) is 18.5. The molecule has 0 radical (unpaired) electrons. The summed E-state index contributed by atoms with van der Waals surface area (Å²) in [5, 5.41) is 17.8. The van der Waals surface area contributed by atoms with E-state index in [9.17, 15) is 19.5 Å². The third kappa shape index (κ3) is 16.5. The Labute approximate surface area is 296 Å². The van der Waals surface area contributed by atoms with Crippen LogP contribution in [0.3, 0.4) is 0 Å². The summed E-state index contributed by atoms with van der Waals surface area (Å²) in [4.78, 5) is 40.8. The lowest BCUT2D eigenvalue weighted by Gasteiger charge is -2.34. The maximum absolute atomic E-state index is 13.7. The van der Waals surface area contributed by atoms with E-state index in [-0.39, 0.29) is 54.4 Å². The van der Waals surface area contributed by atoms with Gasteiger partial charge in [-0.15, -0.1) is 0 Å². The van der Waals surface area contributed by atoms with Gasteiger partial charge in [0.05, 0.1) is 25.9 Å². The number of aliphatic hydroxyl groups excluding tert-OH is 1. The lowest BCUT2D eigenvalue weighted by Crippen LogP contribution is -2.50. The number of rotatable bonds is 21. The minimum Gasteiger partial charge on any atom is -0.493 e. The van der Waals surface area contributed by atoms with Crippen LogP contribution in [-0.4, -0.2) is 93.2 Å².